The van der Waals surface area contributed by atoms with Gasteiger partial charge >= 0.3 is 5.97 Å². The summed E-state index contributed by atoms with van der Waals surface area (Å²) in [4.78, 5) is 11.5. The van der Waals surface area contributed by atoms with E-state index in [2.05, 4.69) is 4.74 Å². The lowest BCUT2D eigenvalue weighted by Crippen LogP contribution is -2.09. The van der Waals surface area contributed by atoms with E-state index in [1.807, 2.05) is 6.92 Å². The average molecular weight is 239 g/mol. The van der Waals surface area contributed by atoms with Gasteiger partial charge in [-0.1, -0.05) is 0 Å². The van der Waals surface area contributed by atoms with Crippen LogP contribution in [0.15, 0.2) is 12.1 Å². The highest BCUT2D eigenvalue weighted by atomic mass is 16.5. The molecule has 0 aliphatic heterocycles. The molecule has 0 spiro atoms. The van der Waals surface area contributed by atoms with Crippen molar-refractivity contribution in [2.45, 2.75) is 6.92 Å². The third-order valence-electron chi connectivity index (χ3n) is 2.32. The Morgan fingerprint density at radius 2 is 2.00 bits per heavy atom. The summed E-state index contributed by atoms with van der Waals surface area (Å²) in [5.41, 5.74) is 7.31. The third-order valence-corrected chi connectivity index (χ3v) is 2.32. The maximum atomic E-state index is 11.5. The molecule has 1 rings (SSSR count). The lowest BCUT2D eigenvalue weighted by atomic mass is 10.1. The Balaban J connectivity index is 2.93. The molecule has 0 saturated carbocycles. The van der Waals surface area contributed by atoms with Crippen molar-refractivity contribution in [1.29, 1.82) is 0 Å². The zero-order chi connectivity index (χ0) is 12.8. The first-order valence-electron chi connectivity index (χ1n) is 5.20. The summed E-state index contributed by atoms with van der Waals surface area (Å²) >= 11 is 0. The van der Waals surface area contributed by atoms with Gasteiger partial charge in [0.15, 0.2) is 0 Å². The van der Waals surface area contributed by atoms with Crippen molar-refractivity contribution >= 4 is 11.7 Å². The van der Waals surface area contributed by atoms with Gasteiger partial charge < -0.3 is 19.9 Å². The minimum absolute atomic E-state index is 0.319. The first-order chi connectivity index (χ1) is 8.10. The highest BCUT2D eigenvalue weighted by Gasteiger charge is 2.13. The molecular formula is C12H17NO4. The summed E-state index contributed by atoms with van der Waals surface area (Å²) in [6.07, 6.45) is 0. The van der Waals surface area contributed by atoms with Gasteiger partial charge in [0.05, 0.1) is 19.3 Å². The van der Waals surface area contributed by atoms with E-state index in [4.69, 9.17) is 15.2 Å². The maximum Gasteiger partial charge on any atom is 0.340 e. The molecule has 0 atom stereocenters. The highest BCUT2D eigenvalue weighted by Crippen LogP contribution is 2.25. The fraction of sp³-hybridized carbons (Fsp3) is 0.417. The normalized spacial score (nSPS) is 10.1. The van der Waals surface area contributed by atoms with Crippen LogP contribution in [0.4, 0.5) is 5.69 Å². The number of aryl methyl sites for hydroxylation is 1. The molecular weight excluding hydrogens is 222 g/mol. The van der Waals surface area contributed by atoms with Gasteiger partial charge in [-0.05, 0) is 24.6 Å². The number of rotatable bonds is 5. The van der Waals surface area contributed by atoms with Gasteiger partial charge in [-0.2, -0.15) is 0 Å². The molecule has 0 aliphatic carbocycles. The zero-order valence-electron chi connectivity index (χ0n) is 10.3. The van der Waals surface area contributed by atoms with E-state index >= 15 is 0 Å². The molecule has 0 bridgehead atoms. The Hall–Kier alpha value is -1.75. The summed E-state index contributed by atoms with van der Waals surface area (Å²) in [6.45, 7) is 2.71. The number of ether oxygens (including phenoxy) is 3. The molecule has 1 aromatic carbocycles. The van der Waals surface area contributed by atoms with Gasteiger partial charge in [0.2, 0.25) is 0 Å². The van der Waals surface area contributed by atoms with Gasteiger partial charge in [0.25, 0.3) is 0 Å². The van der Waals surface area contributed by atoms with Crippen molar-refractivity contribution in [3.63, 3.8) is 0 Å². The lowest BCUT2D eigenvalue weighted by Gasteiger charge is -2.11. The smallest absolute Gasteiger partial charge is 0.340 e. The van der Waals surface area contributed by atoms with E-state index in [0.29, 0.717) is 30.2 Å². The Kier molecular flexibility index (Phi) is 4.78. The Bertz CT molecular complexity index is 404. The van der Waals surface area contributed by atoms with Crippen LogP contribution < -0.4 is 10.5 Å². The van der Waals surface area contributed by atoms with E-state index < -0.39 is 5.97 Å². The number of methoxy groups -OCH3 is 2. The molecule has 0 heterocycles. The van der Waals surface area contributed by atoms with Gasteiger partial charge in [0.1, 0.15) is 12.4 Å². The zero-order valence-corrected chi connectivity index (χ0v) is 10.3. The number of benzene rings is 1. The highest BCUT2D eigenvalue weighted by molar-refractivity contribution is 5.96. The van der Waals surface area contributed by atoms with Crippen molar-refractivity contribution in [3.05, 3.63) is 23.3 Å². The monoisotopic (exact) mass is 239 g/mol. The van der Waals surface area contributed by atoms with E-state index in [-0.39, 0.29) is 0 Å². The Labute approximate surface area is 100 Å². The average Bonchev–Trinajstić information content (AvgIpc) is 2.32. The number of esters is 1. The van der Waals surface area contributed by atoms with E-state index in [9.17, 15) is 4.79 Å². The fourth-order valence-corrected chi connectivity index (χ4v) is 1.37. The molecule has 5 heteroatoms. The largest absolute Gasteiger partial charge is 0.491 e. The number of nitrogen functional groups attached to an aromatic ring is 1. The van der Waals surface area contributed by atoms with Gasteiger partial charge in [-0.3, -0.25) is 0 Å². The van der Waals surface area contributed by atoms with Gasteiger partial charge in [-0.25, -0.2) is 4.79 Å². The number of hydrogen-bond acceptors (Lipinski definition) is 5. The lowest BCUT2D eigenvalue weighted by molar-refractivity contribution is 0.0601. The summed E-state index contributed by atoms with van der Waals surface area (Å²) in [5, 5.41) is 0. The third kappa shape index (κ3) is 3.35. The van der Waals surface area contributed by atoms with Crippen molar-refractivity contribution in [3.8, 4) is 5.75 Å². The number of carbonyl (C=O) groups excluding carboxylic acids is 1. The number of anilines is 1. The molecule has 0 aromatic heterocycles. The quantitative estimate of drug-likeness (QED) is 0.477. The first kappa shape index (κ1) is 13.3. The Morgan fingerprint density at radius 1 is 1.29 bits per heavy atom. The van der Waals surface area contributed by atoms with Crippen LogP contribution in [-0.2, 0) is 9.47 Å². The van der Waals surface area contributed by atoms with Crippen molar-refractivity contribution in [1.82, 2.24) is 0 Å². The topological polar surface area (TPSA) is 70.8 Å². The molecule has 0 radical (unpaired) electrons. The van der Waals surface area contributed by atoms with E-state index in [1.165, 1.54) is 7.11 Å². The van der Waals surface area contributed by atoms with E-state index in [0.717, 1.165) is 5.56 Å². The van der Waals surface area contributed by atoms with Crippen molar-refractivity contribution < 1.29 is 19.0 Å². The molecule has 0 aliphatic rings. The van der Waals surface area contributed by atoms with Crippen LogP contribution in [0.25, 0.3) is 0 Å². The van der Waals surface area contributed by atoms with Crippen LogP contribution in [0.1, 0.15) is 15.9 Å². The minimum atomic E-state index is -0.470. The summed E-state index contributed by atoms with van der Waals surface area (Å²) in [7, 11) is 2.91. The van der Waals surface area contributed by atoms with E-state index in [1.54, 1.807) is 19.2 Å². The molecule has 1 aromatic rings. The fourth-order valence-electron chi connectivity index (χ4n) is 1.37. The molecule has 94 valence electrons. The van der Waals surface area contributed by atoms with Crippen LogP contribution >= 0.6 is 0 Å². The maximum absolute atomic E-state index is 11.5. The molecule has 2 N–H and O–H groups in total. The molecule has 5 nitrogen and oxygen atoms in total. The second kappa shape index (κ2) is 6.10. The van der Waals surface area contributed by atoms with Crippen molar-refractivity contribution in [2.24, 2.45) is 0 Å². The predicted molar refractivity (Wildman–Crippen MR) is 64.3 cm³/mol. The SMILES string of the molecule is COCCOc1cc(C)c(N)c(C(=O)OC)c1. The summed E-state index contributed by atoms with van der Waals surface area (Å²) < 4.78 is 15.0. The molecule has 0 unspecified atom stereocenters. The summed E-state index contributed by atoms with van der Waals surface area (Å²) in [6, 6.07) is 3.35. The van der Waals surface area contributed by atoms with Gasteiger partial charge in [0, 0.05) is 12.8 Å². The first-order valence-corrected chi connectivity index (χ1v) is 5.20. The van der Waals surface area contributed by atoms with Crippen molar-refractivity contribution in [2.75, 3.05) is 33.2 Å². The number of carbonyl (C=O) groups is 1. The minimum Gasteiger partial charge on any atom is -0.491 e. The Morgan fingerprint density at radius 3 is 2.59 bits per heavy atom. The standard InChI is InChI=1S/C12H17NO4/c1-8-6-9(17-5-4-15-2)7-10(11(8)13)12(14)16-3/h6-7H,4-5,13H2,1-3H3. The van der Waals surface area contributed by atoms with Crippen LogP contribution in [0.5, 0.6) is 5.75 Å². The van der Waals surface area contributed by atoms with Crippen LogP contribution in [-0.4, -0.2) is 33.4 Å². The molecule has 17 heavy (non-hydrogen) atoms. The van der Waals surface area contributed by atoms with Gasteiger partial charge in [-0.15, -0.1) is 0 Å². The van der Waals surface area contributed by atoms with Crippen LogP contribution in [0.2, 0.25) is 0 Å². The number of hydrogen-bond donors (Lipinski definition) is 1. The summed E-state index contributed by atoms with van der Waals surface area (Å²) in [5.74, 6) is 0.108. The second-order valence-electron chi connectivity index (χ2n) is 3.53. The van der Waals surface area contributed by atoms with Crippen LogP contribution in [0.3, 0.4) is 0 Å². The second-order valence-corrected chi connectivity index (χ2v) is 3.53. The molecule has 0 saturated heterocycles. The predicted octanol–water partition coefficient (Wildman–Crippen LogP) is 1.39. The molecule has 0 amide bonds. The number of nitrogens with two attached hydrogens (primary N) is 1. The van der Waals surface area contributed by atoms with Crippen LogP contribution in [0, 0.1) is 6.92 Å². The molecule has 0 fully saturated rings.